The molecule has 1 N–H and O–H groups in total. The summed E-state index contributed by atoms with van der Waals surface area (Å²) in [6.07, 6.45) is 8.33. The van der Waals surface area contributed by atoms with Crippen LogP contribution in [0.4, 0.5) is 0 Å². The second-order valence-electron chi connectivity index (χ2n) is 8.05. The number of H-pyrrole nitrogens is 1. The lowest BCUT2D eigenvalue weighted by Gasteiger charge is -2.23. The van der Waals surface area contributed by atoms with E-state index in [0.717, 1.165) is 35.0 Å². The maximum Gasteiger partial charge on any atom is 0.256 e. The lowest BCUT2D eigenvalue weighted by molar-refractivity contribution is 0.0709. The van der Waals surface area contributed by atoms with E-state index in [0.29, 0.717) is 29.5 Å². The fourth-order valence-electron chi connectivity index (χ4n) is 4.38. The van der Waals surface area contributed by atoms with E-state index in [1.807, 2.05) is 43.5 Å². The van der Waals surface area contributed by atoms with Crippen molar-refractivity contribution in [2.24, 2.45) is 0 Å². The normalized spacial score (nSPS) is 16.0. The van der Waals surface area contributed by atoms with Gasteiger partial charge in [0.15, 0.2) is 0 Å². The second kappa shape index (κ2) is 7.66. The molecule has 5 heterocycles. The summed E-state index contributed by atoms with van der Waals surface area (Å²) in [5, 5.41) is 13.5. The van der Waals surface area contributed by atoms with Crippen molar-refractivity contribution in [2.45, 2.75) is 25.8 Å². The molecule has 0 radical (unpaired) electrons. The van der Waals surface area contributed by atoms with Gasteiger partial charge in [0.25, 0.3) is 5.91 Å². The third-order valence-electron chi connectivity index (χ3n) is 5.95. The van der Waals surface area contributed by atoms with E-state index >= 15 is 0 Å². The number of carbonyl (C=O) groups excluding carboxylic acids is 1. The van der Waals surface area contributed by atoms with Gasteiger partial charge in [0.05, 0.1) is 23.6 Å². The maximum absolute atomic E-state index is 13.7. The number of aromatic nitrogens is 7. The van der Waals surface area contributed by atoms with Gasteiger partial charge in [-0.3, -0.25) is 4.79 Å². The van der Waals surface area contributed by atoms with Crippen molar-refractivity contribution < 1.29 is 9.32 Å². The summed E-state index contributed by atoms with van der Waals surface area (Å²) < 4.78 is 5.64. The number of nitrogens with zero attached hydrogens (tertiary/aromatic N) is 7. The number of aromatic amines is 1. The number of rotatable bonds is 4. The highest BCUT2D eigenvalue weighted by Gasteiger charge is 2.36. The van der Waals surface area contributed by atoms with Crippen LogP contribution < -0.4 is 0 Å². The first-order valence-electron chi connectivity index (χ1n) is 10.7. The first-order chi connectivity index (χ1) is 16.2. The van der Waals surface area contributed by atoms with Crippen LogP contribution in [0, 0.1) is 6.92 Å². The largest absolute Gasteiger partial charge is 0.345 e. The van der Waals surface area contributed by atoms with Crippen LogP contribution in [-0.2, 0) is 0 Å². The second-order valence-corrected chi connectivity index (χ2v) is 8.05. The number of likely N-dealkylation sites (tertiary alicyclic amines) is 1. The van der Waals surface area contributed by atoms with Gasteiger partial charge in [0, 0.05) is 29.9 Å². The summed E-state index contributed by atoms with van der Waals surface area (Å²) in [7, 11) is 0. The number of hydrogen-bond acceptors (Lipinski definition) is 7. The van der Waals surface area contributed by atoms with Gasteiger partial charge < -0.3 is 14.4 Å². The predicted octanol–water partition coefficient (Wildman–Crippen LogP) is 3.48. The fraction of sp³-hybridized carbons (Fsp3) is 0.217. The van der Waals surface area contributed by atoms with Gasteiger partial charge in [-0.2, -0.15) is 20.0 Å². The molecule has 1 aliphatic rings. The molecule has 164 valence electrons. The van der Waals surface area contributed by atoms with E-state index in [4.69, 9.17) is 4.52 Å². The van der Waals surface area contributed by atoms with E-state index in [1.165, 1.54) is 4.80 Å². The minimum absolute atomic E-state index is 0.107. The lowest BCUT2D eigenvalue weighted by atomic mass is 10.1. The summed E-state index contributed by atoms with van der Waals surface area (Å²) in [5.74, 6) is 0.797. The molecular weight excluding hydrogens is 420 g/mol. The Morgan fingerprint density at radius 3 is 2.94 bits per heavy atom. The fourth-order valence-corrected chi connectivity index (χ4v) is 4.38. The highest BCUT2D eigenvalue weighted by Crippen LogP contribution is 2.35. The van der Waals surface area contributed by atoms with Crippen molar-refractivity contribution in [1.82, 2.24) is 40.0 Å². The van der Waals surface area contributed by atoms with Crippen LogP contribution in [0.25, 0.3) is 28.1 Å². The smallest absolute Gasteiger partial charge is 0.256 e. The van der Waals surface area contributed by atoms with Gasteiger partial charge in [-0.15, -0.1) is 0 Å². The van der Waals surface area contributed by atoms with Crippen LogP contribution in [0.5, 0.6) is 0 Å². The monoisotopic (exact) mass is 440 g/mol. The summed E-state index contributed by atoms with van der Waals surface area (Å²) >= 11 is 0. The zero-order valence-electron chi connectivity index (χ0n) is 17.8. The third-order valence-corrected chi connectivity index (χ3v) is 5.95. The first-order valence-corrected chi connectivity index (χ1v) is 10.7. The standard InChI is InChI=1S/C23H20N8O2/c1-14-6-7-18(31-26-9-10-27-31)16(12-14)23(32)30-11-3-5-19(30)22-28-21(29-33-22)17-13-25-20-15(17)4-2-8-24-20/h2,4,6-10,12-13,19H,3,5,11H2,1H3,(H,24,25). The topological polar surface area (TPSA) is 119 Å². The number of amides is 1. The molecule has 0 spiro atoms. The Morgan fingerprint density at radius 1 is 1.18 bits per heavy atom. The third kappa shape index (κ3) is 3.27. The van der Waals surface area contributed by atoms with Gasteiger partial charge in [0.1, 0.15) is 11.7 Å². The van der Waals surface area contributed by atoms with Crippen molar-refractivity contribution in [3.63, 3.8) is 0 Å². The van der Waals surface area contributed by atoms with Crippen LogP contribution in [-0.4, -0.2) is 52.5 Å². The summed E-state index contributed by atoms with van der Waals surface area (Å²) in [5.41, 5.74) is 3.74. The number of aryl methyl sites for hydroxylation is 1. The van der Waals surface area contributed by atoms with Crippen LogP contribution >= 0.6 is 0 Å². The van der Waals surface area contributed by atoms with Gasteiger partial charge in [-0.25, -0.2) is 4.98 Å². The Bertz CT molecular complexity index is 1450. The number of fused-ring (bicyclic) bond motifs is 1. The van der Waals surface area contributed by atoms with Crippen LogP contribution in [0.15, 0.2) is 59.6 Å². The molecule has 1 aromatic carbocycles. The Morgan fingerprint density at radius 2 is 2.06 bits per heavy atom. The minimum atomic E-state index is -0.291. The molecule has 0 bridgehead atoms. The molecule has 10 heteroatoms. The average molecular weight is 440 g/mol. The van der Waals surface area contributed by atoms with Gasteiger partial charge in [0.2, 0.25) is 11.7 Å². The van der Waals surface area contributed by atoms with E-state index in [1.54, 1.807) is 23.5 Å². The van der Waals surface area contributed by atoms with Crippen molar-refractivity contribution in [2.75, 3.05) is 6.54 Å². The van der Waals surface area contributed by atoms with Crippen molar-refractivity contribution in [3.05, 3.63) is 72.1 Å². The molecule has 5 aromatic rings. The molecule has 1 amide bonds. The summed E-state index contributed by atoms with van der Waals surface area (Å²) in [4.78, 5) is 29.0. The van der Waals surface area contributed by atoms with E-state index < -0.39 is 0 Å². The molecule has 1 aliphatic heterocycles. The molecule has 1 atom stereocenters. The van der Waals surface area contributed by atoms with Crippen LogP contribution in [0.3, 0.4) is 0 Å². The molecule has 33 heavy (non-hydrogen) atoms. The van der Waals surface area contributed by atoms with Gasteiger partial charge in [-0.05, 0) is 44.0 Å². The molecule has 1 saturated heterocycles. The number of benzene rings is 1. The quantitative estimate of drug-likeness (QED) is 0.454. The van der Waals surface area contributed by atoms with Crippen molar-refractivity contribution in [1.29, 1.82) is 0 Å². The molecule has 1 fully saturated rings. The predicted molar refractivity (Wildman–Crippen MR) is 118 cm³/mol. The number of carbonyl (C=O) groups is 1. The van der Waals surface area contributed by atoms with Gasteiger partial charge >= 0.3 is 0 Å². The molecule has 0 aliphatic carbocycles. The summed E-state index contributed by atoms with van der Waals surface area (Å²) in [6, 6.07) is 9.21. The van der Waals surface area contributed by atoms with E-state index in [9.17, 15) is 4.79 Å². The van der Waals surface area contributed by atoms with Gasteiger partial charge in [-0.1, -0.05) is 16.8 Å². The summed E-state index contributed by atoms with van der Waals surface area (Å²) in [6.45, 7) is 2.57. The highest BCUT2D eigenvalue weighted by molar-refractivity contribution is 5.98. The van der Waals surface area contributed by atoms with Crippen molar-refractivity contribution in [3.8, 4) is 17.1 Å². The van der Waals surface area contributed by atoms with Crippen LogP contribution in [0.2, 0.25) is 0 Å². The molecule has 1 unspecified atom stereocenters. The van der Waals surface area contributed by atoms with Crippen LogP contribution in [0.1, 0.15) is 40.7 Å². The molecular formula is C23H20N8O2. The molecule has 10 nitrogen and oxygen atoms in total. The Kier molecular flexibility index (Phi) is 4.49. The molecule has 0 saturated carbocycles. The van der Waals surface area contributed by atoms with E-state index in [2.05, 4.69) is 30.3 Å². The highest BCUT2D eigenvalue weighted by atomic mass is 16.5. The number of pyridine rings is 1. The Hall–Kier alpha value is -4.34. The molecule has 4 aromatic heterocycles. The minimum Gasteiger partial charge on any atom is -0.345 e. The number of nitrogens with one attached hydrogen (secondary N) is 1. The van der Waals surface area contributed by atoms with Crippen molar-refractivity contribution >= 4 is 16.9 Å². The Balaban J connectivity index is 1.34. The zero-order valence-corrected chi connectivity index (χ0v) is 17.8. The van der Waals surface area contributed by atoms with E-state index in [-0.39, 0.29) is 11.9 Å². The molecule has 6 rings (SSSR count). The lowest BCUT2D eigenvalue weighted by Crippen LogP contribution is -2.31. The first kappa shape index (κ1) is 19.4. The Labute approximate surface area is 188 Å². The SMILES string of the molecule is Cc1ccc(-n2nccn2)c(C(=O)N2CCCC2c2nc(-c3c[nH]c4ncccc34)no2)c1. The maximum atomic E-state index is 13.7. The number of hydrogen-bond donors (Lipinski definition) is 1. The zero-order chi connectivity index (χ0) is 22.4. The average Bonchev–Trinajstić information content (AvgIpc) is 3.63.